The smallest absolute Gasteiger partial charge is 0.246 e. The standard InChI is InChI=1S/C14H26N4O2S.ClH/c1-10(2)8-18-13(5)14(12(4)16-18)21(19,20)17-7-6-15-11(3)9-17;/h10-11,15H,6-9H2,1-5H3;1H. The number of hydrogen-bond acceptors (Lipinski definition) is 4. The predicted octanol–water partition coefficient (Wildman–Crippen LogP) is 1.56. The zero-order valence-electron chi connectivity index (χ0n) is 14.0. The molecule has 1 N–H and O–H groups in total. The summed E-state index contributed by atoms with van der Waals surface area (Å²) in [5.41, 5.74) is 1.34. The number of aromatic nitrogens is 2. The van der Waals surface area contributed by atoms with Crippen molar-refractivity contribution in [2.24, 2.45) is 5.92 Å². The van der Waals surface area contributed by atoms with E-state index in [1.807, 2.05) is 18.5 Å². The number of halogens is 1. The molecule has 0 saturated carbocycles. The van der Waals surface area contributed by atoms with Gasteiger partial charge in [0.1, 0.15) is 4.90 Å². The maximum Gasteiger partial charge on any atom is 0.246 e. The van der Waals surface area contributed by atoms with Crippen molar-refractivity contribution in [2.75, 3.05) is 19.6 Å². The van der Waals surface area contributed by atoms with Crippen LogP contribution in [0.1, 0.15) is 32.2 Å². The summed E-state index contributed by atoms with van der Waals surface area (Å²) >= 11 is 0. The largest absolute Gasteiger partial charge is 0.312 e. The molecule has 6 nitrogen and oxygen atoms in total. The van der Waals surface area contributed by atoms with Gasteiger partial charge in [0.15, 0.2) is 0 Å². The molecule has 0 bridgehead atoms. The monoisotopic (exact) mass is 350 g/mol. The Labute approximate surface area is 139 Å². The third kappa shape index (κ3) is 3.82. The molecule has 0 aliphatic carbocycles. The van der Waals surface area contributed by atoms with Crippen molar-refractivity contribution in [3.8, 4) is 0 Å². The summed E-state index contributed by atoms with van der Waals surface area (Å²) in [4.78, 5) is 0.386. The van der Waals surface area contributed by atoms with Crippen molar-refractivity contribution in [1.29, 1.82) is 0 Å². The second kappa shape index (κ2) is 7.29. The van der Waals surface area contributed by atoms with Gasteiger partial charge in [0.2, 0.25) is 10.0 Å². The molecule has 1 unspecified atom stereocenters. The Morgan fingerprint density at radius 2 is 2.00 bits per heavy atom. The average Bonchev–Trinajstić information content (AvgIpc) is 2.64. The molecule has 1 aromatic rings. The van der Waals surface area contributed by atoms with Crippen LogP contribution in [0.2, 0.25) is 0 Å². The van der Waals surface area contributed by atoms with Crippen LogP contribution in [-0.4, -0.2) is 48.2 Å². The van der Waals surface area contributed by atoms with Gasteiger partial charge in [-0.2, -0.15) is 9.40 Å². The van der Waals surface area contributed by atoms with Crippen LogP contribution in [0.3, 0.4) is 0 Å². The zero-order valence-corrected chi connectivity index (χ0v) is 15.6. The van der Waals surface area contributed by atoms with E-state index in [-0.39, 0.29) is 18.4 Å². The number of nitrogens with one attached hydrogen (secondary N) is 1. The van der Waals surface area contributed by atoms with E-state index in [9.17, 15) is 8.42 Å². The van der Waals surface area contributed by atoms with E-state index in [0.29, 0.717) is 36.1 Å². The number of rotatable bonds is 4. The second-order valence-corrected chi connectivity index (χ2v) is 8.17. The third-order valence-electron chi connectivity index (χ3n) is 3.78. The fraction of sp³-hybridized carbons (Fsp3) is 0.786. The molecule has 1 saturated heterocycles. The molecule has 0 aromatic carbocycles. The van der Waals surface area contributed by atoms with E-state index >= 15 is 0 Å². The van der Waals surface area contributed by atoms with Gasteiger partial charge in [0.05, 0.1) is 11.4 Å². The lowest BCUT2D eigenvalue weighted by Crippen LogP contribution is -2.51. The van der Waals surface area contributed by atoms with E-state index in [1.165, 1.54) is 0 Å². The number of sulfonamides is 1. The first-order valence-corrected chi connectivity index (χ1v) is 8.95. The van der Waals surface area contributed by atoms with Gasteiger partial charge >= 0.3 is 0 Å². The molecule has 8 heteroatoms. The topological polar surface area (TPSA) is 67.2 Å². The highest BCUT2D eigenvalue weighted by Crippen LogP contribution is 2.24. The van der Waals surface area contributed by atoms with Gasteiger partial charge in [0.25, 0.3) is 0 Å². The van der Waals surface area contributed by atoms with Crippen molar-refractivity contribution in [2.45, 2.75) is 52.1 Å². The minimum absolute atomic E-state index is 0. The van der Waals surface area contributed by atoms with Gasteiger partial charge in [-0.3, -0.25) is 4.68 Å². The van der Waals surface area contributed by atoms with Crippen LogP contribution < -0.4 is 5.32 Å². The van der Waals surface area contributed by atoms with Crippen molar-refractivity contribution in [3.63, 3.8) is 0 Å². The molecule has 0 amide bonds. The van der Waals surface area contributed by atoms with Crippen LogP contribution in [-0.2, 0) is 16.6 Å². The van der Waals surface area contributed by atoms with Crippen LogP contribution >= 0.6 is 12.4 Å². The molecule has 2 heterocycles. The van der Waals surface area contributed by atoms with Crippen LogP contribution in [0, 0.1) is 19.8 Å². The van der Waals surface area contributed by atoms with Gasteiger partial charge in [-0.15, -0.1) is 12.4 Å². The predicted molar refractivity (Wildman–Crippen MR) is 90.0 cm³/mol. The molecule has 1 aliphatic heterocycles. The highest BCUT2D eigenvalue weighted by atomic mass is 35.5. The van der Waals surface area contributed by atoms with Gasteiger partial charge < -0.3 is 5.32 Å². The van der Waals surface area contributed by atoms with Gasteiger partial charge in [-0.05, 0) is 26.7 Å². The van der Waals surface area contributed by atoms with Crippen LogP contribution in [0.5, 0.6) is 0 Å². The normalized spacial score (nSPS) is 20.2. The van der Waals surface area contributed by atoms with E-state index in [0.717, 1.165) is 12.2 Å². The SMILES string of the molecule is Cc1nn(CC(C)C)c(C)c1S(=O)(=O)N1CCNC(C)C1.Cl. The second-order valence-electron chi connectivity index (χ2n) is 6.29. The first-order chi connectivity index (χ1) is 9.73. The third-order valence-corrected chi connectivity index (χ3v) is 5.90. The Balaban J connectivity index is 0.00000242. The summed E-state index contributed by atoms with van der Waals surface area (Å²) in [6.45, 7) is 12.3. The van der Waals surface area contributed by atoms with Crippen molar-refractivity contribution < 1.29 is 8.42 Å². The van der Waals surface area contributed by atoms with Crippen molar-refractivity contribution in [3.05, 3.63) is 11.4 Å². The number of aryl methyl sites for hydroxylation is 1. The Kier molecular flexibility index (Phi) is 6.44. The molecule has 0 spiro atoms. The van der Waals surface area contributed by atoms with Gasteiger partial charge in [-0.25, -0.2) is 8.42 Å². The lowest BCUT2D eigenvalue weighted by atomic mass is 10.2. The van der Waals surface area contributed by atoms with E-state index < -0.39 is 10.0 Å². The Bertz CT molecular complexity index is 613. The minimum atomic E-state index is -3.46. The number of hydrogen-bond donors (Lipinski definition) is 1. The van der Waals surface area contributed by atoms with E-state index in [4.69, 9.17) is 0 Å². The molecule has 1 atom stereocenters. The molecule has 2 rings (SSSR count). The maximum absolute atomic E-state index is 12.9. The summed E-state index contributed by atoms with van der Waals surface area (Å²) < 4.78 is 29.2. The van der Waals surface area contributed by atoms with E-state index in [1.54, 1.807) is 11.2 Å². The Morgan fingerprint density at radius 1 is 1.36 bits per heavy atom. The quantitative estimate of drug-likeness (QED) is 0.894. The zero-order chi connectivity index (χ0) is 15.8. The maximum atomic E-state index is 12.9. The highest BCUT2D eigenvalue weighted by Gasteiger charge is 2.33. The summed E-state index contributed by atoms with van der Waals surface area (Å²) in [6.07, 6.45) is 0. The fourth-order valence-corrected chi connectivity index (χ4v) is 4.72. The highest BCUT2D eigenvalue weighted by molar-refractivity contribution is 7.89. The van der Waals surface area contributed by atoms with Crippen molar-refractivity contribution in [1.82, 2.24) is 19.4 Å². The van der Waals surface area contributed by atoms with Crippen LogP contribution in [0.15, 0.2) is 4.90 Å². The summed E-state index contributed by atoms with van der Waals surface area (Å²) in [6, 6.07) is 0.180. The fourth-order valence-electron chi connectivity index (χ4n) is 2.82. The first-order valence-electron chi connectivity index (χ1n) is 7.51. The first kappa shape index (κ1) is 19.4. The Morgan fingerprint density at radius 3 is 2.55 bits per heavy atom. The molecule has 1 aliphatic rings. The van der Waals surface area contributed by atoms with E-state index in [2.05, 4.69) is 24.3 Å². The van der Waals surface area contributed by atoms with Crippen LogP contribution in [0.25, 0.3) is 0 Å². The number of nitrogens with zero attached hydrogens (tertiary/aromatic N) is 3. The lowest BCUT2D eigenvalue weighted by Gasteiger charge is -2.31. The summed E-state index contributed by atoms with van der Waals surface area (Å²) in [7, 11) is -3.46. The summed E-state index contributed by atoms with van der Waals surface area (Å²) in [5.74, 6) is 0.428. The Hall–Kier alpha value is -0.630. The lowest BCUT2D eigenvalue weighted by molar-refractivity contribution is 0.310. The average molecular weight is 351 g/mol. The molecule has 128 valence electrons. The van der Waals surface area contributed by atoms with Crippen LogP contribution in [0.4, 0.5) is 0 Å². The molecular formula is C14H27ClN4O2S. The molecule has 1 aromatic heterocycles. The summed E-state index contributed by atoms with van der Waals surface area (Å²) in [5, 5.41) is 7.69. The van der Waals surface area contributed by atoms with Gasteiger partial charge in [-0.1, -0.05) is 13.8 Å². The van der Waals surface area contributed by atoms with Crippen molar-refractivity contribution >= 4 is 22.4 Å². The molecule has 0 radical (unpaired) electrons. The number of piperazine rings is 1. The molecule has 22 heavy (non-hydrogen) atoms. The molecular weight excluding hydrogens is 324 g/mol. The van der Waals surface area contributed by atoms with Gasteiger partial charge in [0, 0.05) is 32.2 Å². The molecule has 1 fully saturated rings. The minimum Gasteiger partial charge on any atom is -0.312 e.